The van der Waals surface area contributed by atoms with Gasteiger partial charge in [-0.25, -0.2) is 8.42 Å². The molecule has 1 aromatic heterocycles. The van der Waals surface area contributed by atoms with Gasteiger partial charge in [-0.05, 0) is 42.5 Å². The van der Waals surface area contributed by atoms with Crippen LogP contribution in [0.2, 0.25) is 0 Å². The maximum Gasteiger partial charge on any atom is 3.00 e. The van der Waals surface area contributed by atoms with Crippen LogP contribution in [0.1, 0.15) is 8.55 Å². The van der Waals surface area contributed by atoms with E-state index in [4.69, 9.17) is 11.5 Å². The molecule has 5 rings (SSSR count). The molecule has 47 heavy (non-hydrogen) atoms. The molecular weight excluding hydrogens is 674 g/mol. The summed E-state index contributed by atoms with van der Waals surface area (Å²) in [5.41, 5.74) is 13.4. The average Bonchev–Trinajstić information content (AvgIpc) is 3.29. The van der Waals surface area contributed by atoms with Crippen molar-refractivity contribution in [3.05, 3.63) is 117 Å². The fourth-order valence-corrected chi connectivity index (χ4v) is 4.13. The second-order valence-corrected chi connectivity index (χ2v) is 10.5. The van der Waals surface area contributed by atoms with Crippen molar-refractivity contribution < 1.29 is 48.3 Å². The van der Waals surface area contributed by atoms with Crippen molar-refractivity contribution in [2.45, 2.75) is 11.8 Å². The van der Waals surface area contributed by atoms with Crippen LogP contribution in [0, 0.1) is 17.0 Å². The number of nitrogens with zero attached hydrogens (tertiary/aromatic N) is 7. The van der Waals surface area contributed by atoms with Crippen molar-refractivity contribution in [1.82, 2.24) is 9.78 Å². The summed E-state index contributed by atoms with van der Waals surface area (Å²) in [6.07, 6.45) is 0. The zero-order chi connectivity index (χ0) is 33.6. The smallest absolute Gasteiger partial charge is 0.871 e. The van der Waals surface area contributed by atoms with Crippen molar-refractivity contribution in [3.63, 3.8) is 0 Å². The van der Waals surface area contributed by atoms with Gasteiger partial charge in [0.1, 0.15) is 15.8 Å². The largest absolute Gasteiger partial charge is 3.00 e. The molecule has 1 heterocycles. The zero-order valence-electron chi connectivity index (χ0n) is 25.9. The molecule has 0 aliphatic carbocycles. The Labute approximate surface area is 279 Å². The van der Waals surface area contributed by atoms with E-state index in [2.05, 4.69) is 25.6 Å². The maximum atomic E-state index is 12.4. The van der Waals surface area contributed by atoms with Crippen LogP contribution in [0.4, 0.5) is 39.8 Å². The Morgan fingerprint density at radius 2 is 1.51 bits per heavy atom. The summed E-state index contributed by atoms with van der Waals surface area (Å²) in [6.45, 7) is 1.60. The van der Waals surface area contributed by atoms with Crippen molar-refractivity contribution in [3.8, 4) is 17.2 Å². The summed E-state index contributed by atoms with van der Waals surface area (Å²) in [6, 6.07) is 18.9. The molecular formula is C28H22CrN9O8S. The number of anilines is 1. The van der Waals surface area contributed by atoms with E-state index in [-0.39, 0.29) is 54.3 Å². The van der Waals surface area contributed by atoms with Crippen molar-refractivity contribution >= 4 is 49.9 Å². The Hall–Kier alpha value is -5.87. The van der Waals surface area contributed by atoms with E-state index in [1.807, 2.05) is 6.07 Å². The fraction of sp³-hybridized carbons (Fsp3) is 0.0357. The van der Waals surface area contributed by atoms with Gasteiger partial charge in [0.15, 0.2) is 0 Å². The Bertz CT molecular complexity index is 2160. The first kappa shape index (κ1) is 35.6. The summed E-state index contributed by atoms with van der Waals surface area (Å²) in [5, 5.41) is 52.9. The number of nitro groups is 1. The van der Waals surface area contributed by atoms with Crippen LogP contribution < -0.4 is 26.6 Å². The first-order valence-electron chi connectivity index (χ1n) is 12.7. The molecule has 0 fully saturated rings. The SMILES string of the molecule is Cc1[n-]n(-c2ccccc2)c(=O)c1N=Nc1ccc([N+](=O)[O-])cc1[O-].[Cr+3].[H+].[H+].[NH-]c1cc(N)ccc1N=Nc1cc(S(=O)(=O)[O-])ccc1[O-]. The normalized spacial score (nSPS) is 11.2. The van der Waals surface area contributed by atoms with Gasteiger partial charge < -0.3 is 36.0 Å². The van der Waals surface area contributed by atoms with E-state index in [9.17, 15) is 38.1 Å². The predicted molar refractivity (Wildman–Crippen MR) is 162 cm³/mol. The number of aryl methyl sites for hydroxylation is 1. The number of benzene rings is 4. The molecule has 0 saturated carbocycles. The van der Waals surface area contributed by atoms with Crippen molar-refractivity contribution in [2.75, 3.05) is 5.73 Å². The molecule has 239 valence electrons. The third kappa shape index (κ3) is 8.87. The fourth-order valence-electron chi connectivity index (χ4n) is 3.64. The topological polar surface area (TPSA) is 282 Å². The number of rotatable bonds is 7. The van der Waals surface area contributed by atoms with Crippen molar-refractivity contribution in [1.29, 1.82) is 0 Å². The monoisotopic (exact) mass is 696 g/mol. The number of hydrogen-bond donors (Lipinski definition) is 1. The van der Waals surface area contributed by atoms with Gasteiger partial charge in [-0.15, -0.1) is 16.5 Å². The number of nitro benzene ring substituents is 1. The molecule has 0 atom stereocenters. The third-order valence-corrected chi connectivity index (χ3v) is 6.74. The first-order valence-corrected chi connectivity index (χ1v) is 14.1. The molecule has 4 aromatic carbocycles. The molecule has 0 amide bonds. The van der Waals surface area contributed by atoms with Gasteiger partial charge in [-0.3, -0.25) is 14.9 Å². The van der Waals surface area contributed by atoms with E-state index < -0.39 is 37.0 Å². The van der Waals surface area contributed by atoms with E-state index in [1.54, 1.807) is 31.2 Å². The zero-order valence-corrected chi connectivity index (χ0v) is 26.0. The molecule has 5 aromatic rings. The Kier molecular flexibility index (Phi) is 11.3. The number of non-ortho nitro benzene ring substituents is 1. The summed E-state index contributed by atoms with van der Waals surface area (Å²) < 4.78 is 33.9. The van der Waals surface area contributed by atoms with Gasteiger partial charge >= 0.3 is 20.2 Å². The van der Waals surface area contributed by atoms with Crippen LogP contribution in [-0.4, -0.2) is 22.6 Å². The number of para-hydroxylation sites is 1. The van der Waals surface area contributed by atoms with Gasteiger partial charge in [-0.2, -0.15) is 15.3 Å². The minimum Gasteiger partial charge on any atom is -0.871 e. The van der Waals surface area contributed by atoms with Gasteiger partial charge in [0, 0.05) is 23.5 Å². The van der Waals surface area contributed by atoms with E-state index in [0.717, 1.165) is 30.3 Å². The quantitative estimate of drug-likeness (QED) is 0.0774. The molecule has 0 bridgehead atoms. The number of azo groups is 2. The molecule has 17 nitrogen and oxygen atoms in total. The first-order chi connectivity index (χ1) is 21.7. The van der Waals surface area contributed by atoms with E-state index >= 15 is 0 Å². The second kappa shape index (κ2) is 14.9. The van der Waals surface area contributed by atoms with Crippen molar-refractivity contribution in [2.24, 2.45) is 20.5 Å². The standard InChI is InChI=1S/C16H13N5O4.C12H11N4O4S.Cr/c1-10-15(16(23)20(19-10)11-5-3-2-4-6-11)18-17-13-8-7-12(21(24)25)9-14(13)22;13-7-1-3-10(9(14)5-7)15-16-11-6-8(21(18,19)20)2-4-12(11)17;/h2-9H,1H3,(H2,17,18,19,22,23);1-6H,(H5-,13,14,15,16,17,18,19,20);/q;-1;+3/p-2. The summed E-state index contributed by atoms with van der Waals surface area (Å²) in [7, 11) is -4.68. The van der Waals surface area contributed by atoms with Crippen LogP contribution in [0.25, 0.3) is 11.4 Å². The maximum absolute atomic E-state index is 12.4. The van der Waals surface area contributed by atoms with Crippen LogP contribution in [0.3, 0.4) is 0 Å². The van der Waals surface area contributed by atoms with E-state index in [0.29, 0.717) is 17.1 Å². The van der Waals surface area contributed by atoms with Crippen LogP contribution >= 0.6 is 0 Å². The molecule has 3 N–H and O–H groups in total. The predicted octanol–water partition coefficient (Wildman–Crippen LogP) is 5.07. The third-order valence-electron chi connectivity index (χ3n) is 5.91. The molecule has 0 aliphatic heterocycles. The van der Waals surface area contributed by atoms with Gasteiger partial charge in [0.05, 0.1) is 26.9 Å². The molecule has 19 heteroatoms. The molecule has 1 radical (unpaired) electrons. The number of hydrogen-bond acceptors (Lipinski definition) is 13. The molecule has 0 unspecified atom stereocenters. The molecule has 0 spiro atoms. The molecule has 0 aliphatic rings. The van der Waals surface area contributed by atoms with Crippen LogP contribution in [0.5, 0.6) is 11.5 Å². The number of nitrogens with one attached hydrogen (secondary N) is 1. The number of nitrogen functional groups attached to an aromatic ring is 1. The van der Waals surface area contributed by atoms with E-state index in [1.165, 1.54) is 28.9 Å². The summed E-state index contributed by atoms with van der Waals surface area (Å²) >= 11 is 0. The minimum atomic E-state index is -4.68. The number of aromatic nitrogens is 2. The van der Waals surface area contributed by atoms with Gasteiger partial charge in [0.2, 0.25) is 0 Å². The molecule has 0 saturated heterocycles. The van der Waals surface area contributed by atoms with Gasteiger partial charge in [-0.1, -0.05) is 48.8 Å². The summed E-state index contributed by atoms with van der Waals surface area (Å²) in [4.78, 5) is 21.8. The van der Waals surface area contributed by atoms with Crippen LogP contribution in [0.15, 0.2) is 115 Å². The Morgan fingerprint density at radius 3 is 2.13 bits per heavy atom. The number of nitrogens with two attached hydrogens (primary N) is 1. The Balaban J connectivity index is 0.000000468. The average molecular weight is 697 g/mol. The summed E-state index contributed by atoms with van der Waals surface area (Å²) in [5.74, 6) is -1.24. The minimum absolute atomic E-state index is 0. The van der Waals surface area contributed by atoms with Gasteiger partial charge in [0.25, 0.3) is 11.2 Å². The Morgan fingerprint density at radius 1 is 0.872 bits per heavy atom. The van der Waals surface area contributed by atoms with Crippen LogP contribution in [-0.2, 0) is 27.5 Å². The second-order valence-electron chi connectivity index (χ2n) is 9.16.